The van der Waals surface area contributed by atoms with Gasteiger partial charge in [0.15, 0.2) is 0 Å². The van der Waals surface area contributed by atoms with E-state index >= 15 is 0 Å². The predicted octanol–water partition coefficient (Wildman–Crippen LogP) is 6.35. The molecular weight excluding hydrogens is 318 g/mol. The number of hydrogen-bond acceptors (Lipinski definition) is 2. The largest absolute Gasteiger partial charge is 0.456 e. The van der Waals surface area contributed by atoms with E-state index in [0.717, 1.165) is 23.8 Å². The minimum atomic E-state index is 0.743. The van der Waals surface area contributed by atoms with Crippen LogP contribution in [-0.2, 0) is 6.54 Å². The molecule has 3 aromatic rings. The monoisotopic (exact) mass is 345 g/mol. The molecule has 134 valence electrons. The van der Waals surface area contributed by atoms with Gasteiger partial charge in [-0.2, -0.15) is 0 Å². The number of hydrogen-bond donors (Lipinski definition) is 0. The Hall–Kier alpha value is -2.06. The predicted molar refractivity (Wildman–Crippen MR) is 107 cm³/mol. The highest BCUT2D eigenvalue weighted by molar-refractivity contribution is 5.83. The summed E-state index contributed by atoms with van der Waals surface area (Å²) in [5.41, 5.74) is 5.07. The number of benzene rings is 2. The van der Waals surface area contributed by atoms with Crippen molar-refractivity contribution in [1.82, 2.24) is 4.90 Å². The first-order chi connectivity index (χ1) is 12.8. The number of likely N-dealkylation sites (tertiary alicyclic amines) is 1. The number of rotatable bonds is 4. The molecule has 0 spiro atoms. The van der Waals surface area contributed by atoms with Gasteiger partial charge < -0.3 is 4.42 Å². The lowest BCUT2D eigenvalue weighted by Crippen LogP contribution is -2.36. The zero-order chi connectivity index (χ0) is 17.3. The Morgan fingerprint density at radius 1 is 0.846 bits per heavy atom. The molecule has 0 N–H and O–H groups in total. The average molecular weight is 345 g/mol. The van der Waals surface area contributed by atoms with Crippen molar-refractivity contribution in [2.24, 2.45) is 0 Å². The number of nitrogens with zero attached hydrogens (tertiary/aromatic N) is 1. The normalized spacial score (nSPS) is 18.9. The summed E-state index contributed by atoms with van der Waals surface area (Å²) < 4.78 is 6.14. The fraction of sp³-hybridized carbons (Fsp3) is 0.417. The lowest BCUT2D eigenvalue weighted by molar-refractivity contribution is 0.172. The van der Waals surface area contributed by atoms with E-state index in [9.17, 15) is 0 Å². The molecule has 1 saturated heterocycles. The van der Waals surface area contributed by atoms with E-state index < -0.39 is 0 Å². The molecule has 1 aliphatic heterocycles. The summed E-state index contributed by atoms with van der Waals surface area (Å²) in [6.45, 7) is 3.56. The molecule has 1 aliphatic carbocycles. The van der Waals surface area contributed by atoms with Crippen LogP contribution in [-0.4, -0.2) is 18.0 Å². The summed E-state index contributed by atoms with van der Waals surface area (Å²) >= 11 is 0. The highest BCUT2D eigenvalue weighted by Crippen LogP contribution is 2.35. The van der Waals surface area contributed by atoms with Crippen molar-refractivity contribution < 1.29 is 4.42 Å². The average Bonchev–Trinajstić information content (AvgIpc) is 3.09. The van der Waals surface area contributed by atoms with Gasteiger partial charge >= 0.3 is 0 Å². The van der Waals surface area contributed by atoms with Crippen molar-refractivity contribution in [3.63, 3.8) is 0 Å². The SMILES string of the molecule is c1cc(-c2cc3cc(C4CCCCC4)ccc3o2)ccc1CN1CCC1. The standard InChI is InChI=1S/C24H27NO/c1-2-5-19(6-3-1)21-11-12-23-22(15-21)16-24(26-23)20-9-7-18(8-10-20)17-25-13-4-14-25/h7-12,15-16,19H,1-6,13-14,17H2. The van der Waals surface area contributed by atoms with Crippen LogP contribution in [0.1, 0.15) is 55.6 Å². The smallest absolute Gasteiger partial charge is 0.135 e. The van der Waals surface area contributed by atoms with E-state index in [2.05, 4.69) is 53.4 Å². The van der Waals surface area contributed by atoms with Gasteiger partial charge in [0.05, 0.1) is 0 Å². The summed E-state index contributed by atoms with van der Waals surface area (Å²) in [5, 5.41) is 1.24. The second kappa shape index (κ2) is 6.92. The molecule has 2 heterocycles. The fourth-order valence-electron chi connectivity index (χ4n) is 4.47. The molecule has 5 rings (SSSR count). The van der Waals surface area contributed by atoms with Gasteiger partial charge in [-0.3, -0.25) is 4.90 Å². The van der Waals surface area contributed by atoms with Crippen LogP contribution < -0.4 is 0 Å². The first-order valence-corrected chi connectivity index (χ1v) is 10.2. The minimum Gasteiger partial charge on any atom is -0.456 e. The third-order valence-corrected chi connectivity index (χ3v) is 6.21. The van der Waals surface area contributed by atoms with Crippen molar-refractivity contribution in [2.45, 2.75) is 51.0 Å². The van der Waals surface area contributed by atoms with E-state index in [0.29, 0.717) is 0 Å². The first-order valence-electron chi connectivity index (χ1n) is 10.2. The molecule has 26 heavy (non-hydrogen) atoms. The quantitative estimate of drug-likeness (QED) is 0.547. The highest BCUT2D eigenvalue weighted by Gasteiger charge is 2.17. The Labute approximate surface area is 155 Å². The summed E-state index contributed by atoms with van der Waals surface area (Å²) in [6, 6.07) is 17.9. The molecule has 2 aliphatic rings. The Balaban J connectivity index is 1.38. The van der Waals surface area contributed by atoms with E-state index in [-0.39, 0.29) is 0 Å². The van der Waals surface area contributed by atoms with Crippen LogP contribution >= 0.6 is 0 Å². The Kier molecular flexibility index (Phi) is 4.30. The Bertz CT molecular complexity index is 882. The van der Waals surface area contributed by atoms with E-state index in [1.54, 1.807) is 0 Å². The Morgan fingerprint density at radius 3 is 2.38 bits per heavy atom. The maximum atomic E-state index is 6.14. The molecule has 2 nitrogen and oxygen atoms in total. The molecule has 0 bridgehead atoms. The van der Waals surface area contributed by atoms with Gasteiger partial charge in [0.1, 0.15) is 11.3 Å². The van der Waals surface area contributed by atoms with Crippen LogP contribution in [0.15, 0.2) is 52.9 Å². The third kappa shape index (κ3) is 3.19. The van der Waals surface area contributed by atoms with Crippen LogP contribution in [0.25, 0.3) is 22.3 Å². The molecule has 2 aromatic carbocycles. The highest BCUT2D eigenvalue weighted by atomic mass is 16.3. The summed E-state index contributed by atoms with van der Waals surface area (Å²) in [4.78, 5) is 2.49. The zero-order valence-electron chi connectivity index (χ0n) is 15.4. The summed E-state index contributed by atoms with van der Waals surface area (Å²) in [5.74, 6) is 1.73. The maximum Gasteiger partial charge on any atom is 0.135 e. The Morgan fingerprint density at radius 2 is 1.65 bits per heavy atom. The van der Waals surface area contributed by atoms with Crippen molar-refractivity contribution in [1.29, 1.82) is 0 Å². The second-order valence-electron chi connectivity index (χ2n) is 8.07. The van der Waals surface area contributed by atoms with E-state index in [1.807, 2.05) is 0 Å². The molecule has 2 heteroatoms. The molecule has 2 fully saturated rings. The topological polar surface area (TPSA) is 16.4 Å². The molecule has 0 amide bonds. The van der Waals surface area contributed by atoms with Crippen molar-refractivity contribution >= 4 is 11.0 Å². The first kappa shape index (κ1) is 16.1. The van der Waals surface area contributed by atoms with Gasteiger partial charge in [-0.1, -0.05) is 49.6 Å². The maximum absolute atomic E-state index is 6.14. The lowest BCUT2D eigenvalue weighted by atomic mass is 9.84. The molecule has 0 radical (unpaired) electrons. The van der Waals surface area contributed by atoms with Crippen LogP contribution in [0.4, 0.5) is 0 Å². The van der Waals surface area contributed by atoms with Gasteiger partial charge in [-0.25, -0.2) is 0 Å². The summed E-state index contributed by atoms with van der Waals surface area (Å²) in [7, 11) is 0. The van der Waals surface area contributed by atoms with Gasteiger partial charge in [0.25, 0.3) is 0 Å². The van der Waals surface area contributed by atoms with Gasteiger partial charge in [0, 0.05) is 17.5 Å². The van der Waals surface area contributed by atoms with Crippen LogP contribution in [0.5, 0.6) is 0 Å². The van der Waals surface area contributed by atoms with E-state index in [1.165, 1.54) is 73.7 Å². The fourth-order valence-corrected chi connectivity index (χ4v) is 4.47. The van der Waals surface area contributed by atoms with Crippen LogP contribution in [0, 0.1) is 0 Å². The van der Waals surface area contributed by atoms with Gasteiger partial charge in [-0.15, -0.1) is 0 Å². The zero-order valence-corrected chi connectivity index (χ0v) is 15.4. The molecule has 1 aromatic heterocycles. The summed E-state index contributed by atoms with van der Waals surface area (Å²) in [6.07, 6.45) is 8.19. The van der Waals surface area contributed by atoms with Gasteiger partial charge in [-0.05, 0) is 67.6 Å². The van der Waals surface area contributed by atoms with Crippen molar-refractivity contribution in [2.75, 3.05) is 13.1 Å². The minimum absolute atomic E-state index is 0.743. The third-order valence-electron chi connectivity index (χ3n) is 6.21. The van der Waals surface area contributed by atoms with Crippen LogP contribution in [0.2, 0.25) is 0 Å². The second-order valence-corrected chi connectivity index (χ2v) is 8.07. The molecule has 0 atom stereocenters. The van der Waals surface area contributed by atoms with Gasteiger partial charge in [0.2, 0.25) is 0 Å². The number of furan rings is 1. The van der Waals surface area contributed by atoms with E-state index in [4.69, 9.17) is 4.42 Å². The number of fused-ring (bicyclic) bond motifs is 1. The lowest BCUT2D eigenvalue weighted by Gasteiger charge is -2.30. The van der Waals surface area contributed by atoms with Crippen molar-refractivity contribution in [3.05, 3.63) is 59.7 Å². The molecule has 0 unspecified atom stereocenters. The molecule has 1 saturated carbocycles. The molecular formula is C24H27NO. The van der Waals surface area contributed by atoms with Crippen LogP contribution in [0.3, 0.4) is 0 Å². The van der Waals surface area contributed by atoms with Crippen molar-refractivity contribution in [3.8, 4) is 11.3 Å².